The van der Waals surface area contributed by atoms with Crippen LogP contribution in [0.25, 0.3) is 0 Å². The second-order valence-electron chi connectivity index (χ2n) is 5.24. The average Bonchev–Trinajstić information content (AvgIpc) is 2.40. The molecule has 19 heavy (non-hydrogen) atoms. The maximum atomic E-state index is 13.5. The highest BCUT2D eigenvalue weighted by Crippen LogP contribution is 2.23. The molecule has 0 amide bonds. The second-order valence-corrected chi connectivity index (χ2v) is 5.24. The van der Waals surface area contributed by atoms with Gasteiger partial charge < -0.3 is 5.11 Å². The van der Waals surface area contributed by atoms with Gasteiger partial charge in [-0.05, 0) is 44.3 Å². The van der Waals surface area contributed by atoms with Crippen LogP contribution in [0.1, 0.15) is 31.2 Å². The van der Waals surface area contributed by atoms with Gasteiger partial charge >= 0.3 is 5.97 Å². The molecule has 1 aliphatic heterocycles. The molecule has 1 aliphatic rings. The van der Waals surface area contributed by atoms with Gasteiger partial charge in [-0.1, -0.05) is 18.2 Å². The third-order valence-corrected chi connectivity index (χ3v) is 3.83. The molecule has 0 spiro atoms. The highest BCUT2D eigenvalue weighted by molar-refractivity contribution is 5.66. The first-order valence-electron chi connectivity index (χ1n) is 6.82. The Kier molecular flexibility index (Phi) is 4.91. The van der Waals surface area contributed by atoms with Gasteiger partial charge in [0.05, 0.1) is 0 Å². The van der Waals surface area contributed by atoms with E-state index in [9.17, 15) is 9.18 Å². The Balaban J connectivity index is 1.77. The maximum Gasteiger partial charge on any atom is 0.303 e. The molecule has 1 heterocycles. The van der Waals surface area contributed by atoms with Crippen LogP contribution in [0, 0.1) is 11.7 Å². The van der Waals surface area contributed by atoms with Gasteiger partial charge in [-0.3, -0.25) is 9.69 Å². The Morgan fingerprint density at radius 1 is 1.32 bits per heavy atom. The minimum Gasteiger partial charge on any atom is -0.481 e. The van der Waals surface area contributed by atoms with Crippen molar-refractivity contribution in [2.24, 2.45) is 5.92 Å². The highest BCUT2D eigenvalue weighted by Gasteiger charge is 2.20. The van der Waals surface area contributed by atoms with E-state index < -0.39 is 5.97 Å². The van der Waals surface area contributed by atoms with E-state index in [1.807, 2.05) is 12.1 Å². The van der Waals surface area contributed by atoms with Crippen LogP contribution >= 0.6 is 0 Å². The van der Waals surface area contributed by atoms with E-state index in [0.29, 0.717) is 12.5 Å². The Morgan fingerprint density at radius 3 is 2.63 bits per heavy atom. The number of aliphatic carboxylic acids is 1. The Bertz CT molecular complexity index is 428. The minimum atomic E-state index is -0.714. The molecule has 0 bridgehead atoms. The minimum absolute atomic E-state index is 0.143. The predicted octanol–water partition coefficient (Wildman–Crippen LogP) is 2.90. The van der Waals surface area contributed by atoms with E-state index in [0.717, 1.165) is 37.9 Å². The first-order valence-corrected chi connectivity index (χ1v) is 6.82. The topological polar surface area (TPSA) is 40.5 Å². The summed E-state index contributed by atoms with van der Waals surface area (Å²) in [5, 5.41) is 8.67. The van der Waals surface area contributed by atoms with Crippen molar-refractivity contribution >= 4 is 5.97 Å². The molecule has 0 radical (unpaired) electrons. The van der Waals surface area contributed by atoms with Gasteiger partial charge in [-0.2, -0.15) is 0 Å². The molecule has 0 aromatic heterocycles. The van der Waals surface area contributed by atoms with Crippen molar-refractivity contribution in [2.75, 3.05) is 13.1 Å². The summed E-state index contributed by atoms with van der Waals surface area (Å²) in [7, 11) is 0. The summed E-state index contributed by atoms with van der Waals surface area (Å²) in [6.45, 7) is 2.51. The number of halogens is 1. The number of hydrogen-bond donors (Lipinski definition) is 1. The molecule has 0 saturated carbocycles. The van der Waals surface area contributed by atoms with Gasteiger partial charge in [0.2, 0.25) is 0 Å². The fourth-order valence-electron chi connectivity index (χ4n) is 2.63. The van der Waals surface area contributed by atoms with E-state index in [1.165, 1.54) is 6.07 Å². The third kappa shape index (κ3) is 4.31. The Morgan fingerprint density at radius 2 is 2.00 bits per heavy atom. The van der Waals surface area contributed by atoms with E-state index in [4.69, 9.17) is 5.11 Å². The normalized spacial score (nSPS) is 17.5. The smallest absolute Gasteiger partial charge is 0.303 e. The van der Waals surface area contributed by atoms with E-state index in [2.05, 4.69) is 4.90 Å². The summed E-state index contributed by atoms with van der Waals surface area (Å²) in [5.74, 6) is -0.350. The first kappa shape index (κ1) is 14.0. The van der Waals surface area contributed by atoms with Crippen molar-refractivity contribution < 1.29 is 14.3 Å². The summed E-state index contributed by atoms with van der Waals surface area (Å²) in [6, 6.07) is 6.88. The van der Waals surface area contributed by atoms with Gasteiger partial charge in [-0.25, -0.2) is 4.39 Å². The van der Waals surface area contributed by atoms with Crippen LogP contribution in [-0.2, 0) is 11.3 Å². The van der Waals surface area contributed by atoms with Gasteiger partial charge in [0.1, 0.15) is 5.82 Å². The molecular weight excluding hydrogens is 245 g/mol. The summed E-state index contributed by atoms with van der Waals surface area (Å²) in [6.07, 6.45) is 3.06. The summed E-state index contributed by atoms with van der Waals surface area (Å²) in [5.41, 5.74) is 0.742. The lowest BCUT2D eigenvalue weighted by Gasteiger charge is -2.31. The number of likely N-dealkylation sites (tertiary alicyclic amines) is 1. The van der Waals surface area contributed by atoms with E-state index in [-0.39, 0.29) is 12.2 Å². The maximum absolute atomic E-state index is 13.5. The van der Waals surface area contributed by atoms with Gasteiger partial charge in [0.15, 0.2) is 0 Å². The molecule has 2 rings (SSSR count). The second kappa shape index (κ2) is 6.66. The molecule has 1 fully saturated rings. The SMILES string of the molecule is O=C(O)CCC1CCN(Cc2ccccc2F)CC1. The lowest BCUT2D eigenvalue weighted by atomic mass is 9.92. The third-order valence-electron chi connectivity index (χ3n) is 3.83. The van der Waals surface area contributed by atoms with Crippen molar-refractivity contribution in [3.05, 3.63) is 35.6 Å². The zero-order chi connectivity index (χ0) is 13.7. The summed E-state index contributed by atoms with van der Waals surface area (Å²) < 4.78 is 13.5. The van der Waals surface area contributed by atoms with Crippen molar-refractivity contribution in [1.82, 2.24) is 4.90 Å². The largest absolute Gasteiger partial charge is 0.481 e. The molecule has 104 valence electrons. The van der Waals surface area contributed by atoms with E-state index in [1.54, 1.807) is 6.07 Å². The van der Waals surface area contributed by atoms with Crippen molar-refractivity contribution in [3.63, 3.8) is 0 Å². The van der Waals surface area contributed by atoms with Crippen LogP contribution in [0.5, 0.6) is 0 Å². The standard InChI is InChI=1S/C15H20FNO2/c16-14-4-2-1-3-13(14)11-17-9-7-12(8-10-17)5-6-15(18)19/h1-4,12H,5-11H2,(H,18,19). The molecule has 0 unspecified atom stereocenters. The highest BCUT2D eigenvalue weighted by atomic mass is 19.1. The number of rotatable bonds is 5. The van der Waals surface area contributed by atoms with Crippen LogP contribution in [0.2, 0.25) is 0 Å². The molecule has 3 nitrogen and oxygen atoms in total. The molecule has 1 saturated heterocycles. The fraction of sp³-hybridized carbons (Fsp3) is 0.533. The average molecular weight is 265 g/mol. The molecule has 1 N–H and O–H groups in total. The zero-order valence-corrected chi connectivity index (χ0v) is 11.0. The zero-order valence-electron chi connectivity index (χ0n) is 11.0. The predicted molar refractivity (Wildman–Crippen MR) is 71.3 cm³/mol. The Labute approximate surface area is 113 Å². The molecule has 1 aromatic carbocycles. The van der Waals surface area contributed by atoms with Crippen LogP contribution in [-0.4, -0.2) is 29.1 Å². The molecule has 0 atom stereocenters. The number of piperidine rings is 1. The number of hydrogen-bond acceptors (Lipinski definition) is 2. The van der Waals surface area contributed by atoms with Crippen molar-refractivity contribution in [1.29, 1.82) is 0 Å². The van der Waals surface area contributed by atoms with Crippen LogP contribution < -0.4 is 0 Å². The number of carbonyl (C=O) groups is 1. The summed E-state index contributed by atoms with van der Waals surface area (Å²) >= 11 is 0. The summed E-state index contributed by atoms with van der Waals surface area (Å²) in [4.78, 5) is 12.8. The number of carboxylic acid groups (broad SMARTS) is 1. The molecular formula is C15H20FNO2. The number of benzene rings is 1. The fourth-order valence-corrected chi connectivity index (χ4v) is 2.63. The van der Waals surface area contributed by atoms with Crippen LogP contribution in [0.15, 0.2) is 24.3 Å². The molecule has 1 aromatic rings. The molecule has 4 heteroatoms. The molecule has 0 aliphatic carbocycles. The lowest BCUT2D eigenvalue weighted by Crippen LogP contribution is -2.33. The van der Waals surface area contributed by atoms with E-state index >= 15 is 0 Å². The van der Waals surface area contributed by atoms with Crippen LogP contribution in [0.3, 0.4) is 0 Å². The first-order chi connectivity index (χ1) is 9.15. The Hall–Kier alpha value is -1.42. The van der Waals surface area contributed by atoms with Crippen LogP contribution in [0.4, 0.5) is 4.39 Å². The lowest BCUT2D eigenvalue weighted by molar-refractivity contribution is -0.137. The monoisotopic (exact) mass is 265 g/mol. The number of carboxylic acids is 1. The van der Waals surface area contributed by atoms with Gasteiger partial charge in [-0.15, -0.1) is 0 Å². The van der Waals surface area contributed by atoms with Gasteiger partial charge in [0.25, 0.3) is 0 Å². The van der Waals surface area contributed by atoms with Crippen molar-refractivity contribution in [2.45, 2.75) is 32.2 Å². The van der Waals surface area contributed by atoms with Gasteiger partial charge in [0, 0.05) is 18.5 Å². The van der Waals surface area contributed by atoms with Crippen molar-refractivity contribution in [3.8, 4) is 0 Å². The number of nitrogens with zero attached hydrogens (tertiary/aromatic N) is 1. The quantitative estimate of drug-likeness (QED) is 0.890.